The van der Waals surface area contributed by atoms with Crippen molar-refractivity contribution in [1.82, 2.24) is 4.98 Å². The Labute approximate surface area is 124 Å². The van der Waals surface area contributed by atoms with Crippen molar-refractivity contribution >= 4 is 11.8 Å². The van der Waals surface area contributed by atoms with E-state index in [2.05, 4.69) is 29.4 Å². The van der Waals surface area contributed by atoms with E-state index in [9.17, 15) is 9.90 Å². The van der Waals surface area contributed by atoms with Gasteiger partial charge in [-0.05, 0) is 30.5 Å². The molecule has 0 fully saturated rings. The fourth-order valence-electron chi connectivity index (χ4n) is 2.25. The van der Waals surface area contributed by atoms with Gasteiger partial charge >= 0.3 is 5.97 Å². The van der Waals surface area contributed by atoms with Crippen LogP contribution in [0.25, 0.3) is 0 Å². The molecule has 21 heavy (non-hydrogen) atoms. The number of hydrogen-bond acceptors (Lipinski definition) is 3. The highest BCUT2D eigenvalue weighted by molar-refractivity contribution is 5.88. The monoisotopic (exact) mass is 284 g/mol. The lowest BCUT2D eigenvalue weighted by Crippen LogP contribution is -2.12. The summed E-state index contributed by atoms with van der Waals surface area (Å²) < 4.78 is 0. The number of aromatic carboxylic acids is 1. The lowest BCUT2D eigenvalue weighted by atomic mass is 10.0. The largest absolute Gasteiger partial charge is 0.478 e. The number of hydrogen-bond donors (Lipinski definition) is 2. The average molecular weight is 284 g/mol. The van der Waals surface area contributed by atoms with E-state index in [1.54, 1.807) is 12.1 Å². The van der Waals surface area contributed by atoms with Crippen LogP contribution in [0.4, 0.5) is 5.82 Å². The first-order valence-electron chi connectivity index (χ1n) is 7.19. The molecule has 0 aliphatic rings. The second kappa shape index (κ2) is 6.88. The number of carboxylic acid groups (broad SMARTS) is 1. The molecule has 1 unspecified atom stereocenters. The van der Waals surface area contributed by atoms with Crippen molar-refractivity contribution < 1.29 is 9.90 Å². The van der Waals surface area contributed by atoms with Gasteiger partial charge in [-0.3, -0.25) is 0 Å². The van der Waals surface area contributed by atoms with E-state index in [-0.39, 0.29) is 11.6 Å². The third kappa shape index (κ3) is 3.81. The maximum atomic E-state index is 11.2. The third-order valence-corrected chi connectivity index (χ3v) is 3.42. The van der Waals surface area contributed by atoms with E-state index in [1.807, 2.05) is 25.1 Å². The lowest BCUT2D eigenvalue weighted by molar-refractivity contribution is 0.0696. The Hall–Kier alpha value is -2.36. The minimum atomic E-state index is -0.928. The van der Waals surface area contributed by atoms with Crippen LogP contribution in [0.15, 0.2) is 42.5 Å². The summed E-state index contributed by atoms with van der Waals surface area (Å²) in [7, 11) is 0. The Morgan fingerprint density at radius 2 is 1.95 bits per heavy atom. The van der Waals surface area contributed by atoms with Crippen LogP contribution in [0.1, 0.15) is 47.9 Å². The molecule has 2 rings (SSSR count). The number of aryl methyl sites for hydroxylation is 1. The molecule has 1 aromatic heterocycles. The number of carbonyl (C=O) groups is 1. The molecule has 0 aliphatic carbocycles. The summed E-state index contributed by atoms with van der Waals surface area (Å²) in [5.41, 5.74) is 2.22. The van der Waals surface area contributed by atoms with E-state index in [0.717, 1.165) is 12.1 Å². The number of nitrogens with one attached hydrogen (secondary N) is 1. The van der Waals surface area contributed by atoms with Crippen LogP contribution in [0.5, 0.6) is 0 Å². The van der Waals surface area contributed by atoms with Crippen molar-refractivity contribution in [3.05, 3.63) is 59.3 Å². The maximum Gasteiger partial charge on any atom is 0.335 e. The van der Waals surface area contributed by atoms with Gasteiger partial charge < -0.3 is 10.4 Å². The average Bonchev–Trinajstić information content (AvgIpc) is 2.53. The first kappa shape index (κ1) is 15.0. The number of benzene rings is 1. The molecule has 0 spiro atoms. The van der Waals surface area contributed by atoms with Gasteiger partial charge in [0.25, 0.3) is 0 Å². The maximum absolute atomic E-state index is 11.2. The molecule has 0 saturated carbocycles. The summed E-state index contributed by atoms with van der Waals surface area (Å²) in [4.78, 5) is 15.7. The van der Waals surface area contributed by atoms with Gasteiger partial charge in [0.15, 0.2) is 0 Å². The molecular weight excluding hydrogens is 264 g/mol. The first-order valence-corrected chi connectivity index (χ1v) is 7.19. The Kier molecular flexibility index (Phi) is 4.93. The number of rotatable bonds is 6. The van der Waals surface area contributed by atoms with E-state index in [1.165, 1.54) is 5.56 Å². The second-order valence-corrected chi connectivity index (χ2v) is 4.91. The topological polar surface area (TPSA) is 62.2 Å². The Morgan fingerprint density at radius 1 is 1.24 bits per heavy atom. The summed E-state index contributed by atoms with van der Waals surface area (Å²) in [5.74, 6) is -0.314. The molecule has 4 nitrogen and oxygen atoms in total. The molecule has 1 heterocycles. The molecule has 2 N–H and O–H groups in total. The van der Waals surface area contributed by atoms with E-state index < -0.39 is 5.97 Å². The van der Waals surface area contributed by atoms with Crippen LogP contribution in [-0.2, 0) is 6.42 Å². The van der Waals surface area contributed by atoms with Crippen LogP contribution >= 0.6 is 0 Å². The highest BCUT2D eigenvalue weighted by atomic mass is 16.4. The number of anilines is 1. The van der Waals surface area contributed by atoms with Crippen molar-refractivity contribution in [2.24, 2.45) is 0 Å². The standard InChI is InChI=1S/C17H20N2O2/c1-3-14-10-13(17(20)21)11-16(18-14)19-15(4-2)12-8-6-5-7-9-12/h5-11,15H,3-4H2,1-2H3,(H,18,19)(H,20,21). The molecular formula is C17H20N2O2. The molecule has 4 heteroatoms. The van der Waals surface area contributed by atoms with Crippen molar-refractivity contribution in [2.45, 2.75) is 32.7 Å². The van der Waals surface area contributed by atoms with Crippen LogP contribution < -0.4 is 5.32 Å². The number of nitrogens with zero attached hydrogens (tertiary/aromatic N) is 1. The molecule has 1 aromatic carbocycles. The molecule has 110 valence electrons. The first-order chi connectivity index (χ1) is 10.1. The lowest BCUT2D eigenvalue weighted by Gasteiger charge is -2.19. The number of carboxylic acids is 1. The van der Waals surface area contributed by atoms with Crippen molar-refractivity contribution in [3.8, 4) is 0 Å². The zero-order chi connectivity index (χ0) is 15.2. The van der Waals surface area contributed by atoms with Gasteiger partial charge in [0, 0.05) is 5.69 Å². The highest BCUT2D eigenvalue weighted by Gasteiger charge is 2.12. The number of pyridine rings is 1. The van der Waals surface area contributed by atoms with Gasteiger partial charge in [0.2, 0.25) is 0 Å². The Balaban J connectivity index is 2.29. The third-order valence-electron chi connectivity index (χ3n) is 3.42. The van der Waals surface area contributed by atoms with E-state index in [4.69, 9.17) is 0 Å². The smallest absolute Gasteiger partial charge is 0.335 e. The van der Waals surface area contributed by atoms with Gasteiger partial charge in [0.1, 0.15) is 5.82 Å². The van der Waals surface area contributed by atoms with Crippen molar-refractivity contribution in [3.63, 3.8) is 0 Å². The highest BCUT2D eigenvalue weighted by Crippen LogP contribution is 2.22. The minimum Gasteiger partial charge on any atom is -0.478 e. The fraction of sp³-hybridized carbons (Fsp3) is 0.294. The summed E-state index contributed by atoms with van der Waals surface area (Å²) in [5, 5.41) is 12.5. The number of aromatic nitrogens is 1. The Morgan fingerprint density at radius 3 is 2.52 bits per heavy atom. The molecule has 0 saturated heterocycles. The summed E-state index contributed by atoms with van der Waals surface area (Å²) in [6.07, 6.45) is 1.60. The summed E-state index contributed by atoms with van der Waals surface area (Å²) in [6.45, 7) is 4.05. The van der Waals surface area contributed by atoms with E-state index >= 15 is 0 Å². The van der Waals surface area contributed by atoms with Gasteiger partial charge in [-0.25, -0.2) is 9.78 Å². The predicted molar refractivity (Wildman–Crippen MR) is 83.7 cm³/mol. The van der Waals surface area contributed by atoms with Crippen molar-refractivity contribution in [2.75, 3.05) is 5.32 Å². The Bertz CT molecular complexity index is 611. The molecule has 2 aromatic rings. The van der Waals surface area contributed by atoms with Crippen LogP contribution in [0, 0.1) is 0 Å². The summed E-state index contributed by atoms with van der Waals surface area (Å²) in [6, 6.07) is 13.4. The second-order valence-electron chi connectivity index (χ2n) is 4.91. The SMILES string of the molecule is CCc1cc(C(=O)O)cc(NC(CC)c2ccccc2)n1. The molecule has 0 bridgehead atoms. The van der Waals surface area contributed by atoms with Crippen molar-refractivity contribution in [1.29, 1.82) is 0 Å². The molecule has 0 radical (unpaired) electrons. The minimum absolute atomic E-state index is 0.118. The summed E-state index contributed by atoms with van der Waals surface area (Å²) >= 11 is 0. The molecule has 0 aliphatic heterocycles. The van der Waals surface area contributed by atoms with Gasteiger partial charge in [0.05, 0.1) is 11.6 Å². The quantitative estimate of drug-likeness (QED) is 0.844. The van der Waals surface area contributed by atoms with Crippen LogP contribution in [-0.4, -0.2) is 16.1 Å². The molecule has 0 amide bonds. The van der Waals surface area contributed by atoms with Crippen LogP contribution in [0.2, 0.25) is 0 Å². The van der Waals surface area contributed by atoms with Gasteiger partial charge in [-0.2, -0.15) is 0 Å². The predicted octanol–water partition coefficient (Wildman–Crippen LogP) is 3.91. The van der Waals surface area contributed by atoms with Gasteiger partial charge in [-0.1, -0.05) is 44.2 Å². The van der Waals surface area contributed by atoms with Gasteiger partial charge in [-0.15, -0.1) is 0 Å². The normalized spacial score (nSPS) is 11.9. The fourth-order valence-corrected chi connectivity index (χ4v) is 2.25. The zero-order valence-electron chi connectivity index (χ0n) is 12.3. The van der Waals surface area contributed by atoms with E-state index in [0.29, 0.717) is 12.2 Å². The molecule has 1 atom stereocenters. The van der Waals surface area contributed by atoms with Crippen LogP contribution in [0.3, 0.4) is 0 Å². The zero-order valence-corrected chi connectivity index (χ0v) is 12.3.